The van der Waals surface area contributed by atoms with E-state index in [1.54, 1.807) is 17.5 Å². The van der Waals surface area contributed by atoms with Crippen molar-refractivity contribution in [3.8, 4) is 11.5 Å². The summed E-state index contributed by atoms with van der Waals surface area (Å²) in [4.78, 5) is 5.58. The largest absolute Gasteiger partial charge is 0.454 e. The second-order valence-electron chi connectivity index (χ2n) is 4.65. The van der Waals surface area contributed by atoms with Crippen LogP contribution in [0, 0.1) is 0 Å². The summed E-state index contributed by atoms with van der Waals surface area (Å²) in [6, 6.07) is 9.82. The van der Waals surface area contributed by atoms with Crippen molar-refractivity contribution in [3.05, 3.63) is 45.7 Å². The van der Waals surface area contributed by atoms with Gasteiger partial charge in [-0.05, 0) is 35.7 Å². The third-order valence-corrected chi connectivity index (χ3v) is 4.55. The Labute approximate surface area is 130 Å². The molecule has 4 rings (SSSR count). The summed E-state index contributed by atoms with van der Waals surface area (Å²) in [5, 5.41) is 5.44. The van der Waals surface area contributed by atoms with Crippen LogP contribution in [0.4, 0.5) is 5.82 Å². The van der Waals surface area contributed by atoms with Gasteiger partial charge in [-0.1, -0.05) is 11.6 Å². The van der Waals surface area contributed by atoms with Gasteiger partial charge in [-0.2, -0.15) is 0 Å². The van der Waals surface area contributed by atoms with Crippen LogP contribution in [-0.2, 0) is 6.54 Å². The van der Waals surface area contributed by atoms with E-state index in [0.717, 1.165) is 32.4 Å². The zero-order valence-electron chi connectivity index (χ0n) is 10.9. The highest BCUT2D eigenvalue weighted by atomic mass is 35.5. The van der Waals surface area contributed by atoms with Gasteiger partial charge in [0.1, 0.15) is 5.82 Å². The quantitative estimate of drug-likeness (QED) is 0.782. The molecule has 1 N–H and O–H groups in total. The molecule has 0 atom stereocenters. The normalized spacial score (nSPS) is 12.8. The van der Waals surface area contributed by atoms with Gasteiger partial charge in [0, 0.05) is 16.5 Å². The van der Waals surface area contributed by atoms with E-state index in [1.807, 2.05) is 30.3 Å². The molecule has 1 aromatic carbocycles. The Morgan fingerprint density at radius 2 is 2.05 bits per heavy atom. The fourth-order valence-electron chi connectivity index (χ4n) is 2.32. The number of ether oxygens (including phenoxy) is 2. The summed E-state index contributed by atoms with van der Waals surface area (Å²) < 4.78 is 11.6. The van der Waals surface area contributed by atoms with Gasteiger partial charge in [0.05, 0.1) is 10.9 Å². The number of hydrogen-bond acceptors (Lipinski definition) is 5. The van der Waals surface area contributed by atoms with E-state index in [2.05, 4.69) is 10.3 Å². The van der Waals surface area contributed by atoms with E-state index in [-0.39, 0.29) is 6.79 Å². The standard InChI is InChI=1S/C15H11ClN2O2S/c16-14-2-1-10(21-14)7-18-15-11-6-13-12(19-8-20-13)5-9(11)3-4-17-15/h1-6H,7-8H2,(H,17,18). The minimum Gasteiger partial charge on any atom is -0.454 e. The number of aromatic nitrogens is 1. The topological polar surface area (TPSA) is 43.4 Å². The summed E-state index contributed by atoms with van der Waals surface area (Å²) in [5.41, 5.74) is 0. The van der Waals surface area contributed by atoms with Crippen LogP contribution in [0.1, 0.15) is 4.88 Å². The first kappa shape index (κ1) is 12.7. The molecule has 2 aromatic heterocycles. The lowest BCUT2D eigenvalue weighted by molar-refractivity contribution is 0.174. The predicted octanol–water partition coefficient (Wildman–Crippen LogP) is 4.29. The molecule has 0 bridgehead atoms. The fraction of sp³-hybridized carbons (Fsp3) is 0.133. The maximum absolute atomic E-state index is 5.95. The molecule has 0 saturated heterocycles. The van der Waals surface area contributed by atoms with E-state index >= 15 is 0 Å². The fourth-order valence-corrected chi connectivity index (χ4v) is 3.35. The number of halogens is 1. The summed E-state index contributed by atoms with van der Waals surface area (Å²) >= 11 is 7.51. The average molecular weight is 319 g/mol. The molecule has 0 spiro atoms. The van der Waals surface area contributed by atoms with Crippen molar-refractivity contribution in [1.29, 1.82) is 0 Å². The van der Waals surface area contributed by atoms with Crippen molar-refractivity contribution in [1.82, 2.24) is 4.98 Å². The monoisotopic (exact) mass is 318 g/mol. The number of benzene rings is 1. The Kier molecular flexibility index (Phi) is 3.09. The lowest BCUT2D eigenvalue weighted by Gasteiger charge is -2.08. The molecule has 0 aliphatic carbocycles. The molecule has 0 unspecified atom stereocenters. The van der Waals surface area contributed by atoms with Gasteiger partial charge < -0.3 is 14.8 Å². The maximum atomic E-state index is 5.95. The molecule has 0 saturated carbocycles. The van der Waals surface area contributed by atoms with Gasteiger partial charge in [0.2, 0.25) is 6.79 Å². The minimum absolute atomic E-state index is 0.273. The van der Waals surface area contributed by atoms with Crippen LogP contribution in [0.25, 0.3) is 10.8 Å². The summed E-state index contributed by atoms with van der Waals surface area (Å²) in [6.07, 6.45) is 1.79. The van der Waals surface area contributed by atoms with Crippen LogP contribution in [0.5, 0.6) is 11.5 Å². The molecule has 1 aliphatic rings. The van der Waals surface area contributed by atoms with Crippen molar-refractivity contribution < 1.29 is 9.47 Å². The van der Waals surface area contributed by atoms with Gasteiger partial charge in [-0.15, -0.1) is 11.3 Å². The van der Waals surface area contributed by atoms with Crippen LogP contribution in [0.15, 0.2) is 36.5 Å². The van der Waals surface area contributed by atoms with Crippen LogP contribution in [0.2, 0.25) is 4.34 Å². The summed E-state index contributed by atoms with van der Waals surface area (Å²) in [6.45, 7) is 0.966. The smallest absolute Gasteiger partial charge is 0.231 e. The number of pyridine rings is 1. The number of rotatable bonds is 3. The van der Waals surface area contributed by atoms with Crippen molar-refractivity contribution in [3.63, 3.8) is 0 Å². The lowest BCUT2D eigenvalue weighted by atomic mass is 10.1. The predicted molar refractivity (Wildman–Crippen MR) is 84.5 cm³/mol. The van der Waals surface area contributed by atoms with Gasteiger partial charge >= 0.3 is 0 Å². The van der Waals surface area contributed by atoms with Crippen molar-refractivity contribution in [2.45, 2.75) is 6.54 Å². The number of nitrogens with one attached hydrogen (secondary N) is 1. The lowest BCUT2D eigenvalue weighted by Crippen LogP contribution is -2.00. The van der Waals surface area contributed by atoms with Crippen LogP contribution in [-0.4, -0.2) is 11.8 Å². The second kappa shape index (κ2) is 5.09. The van der Waals surface area contributed by atoms with Gasteiger partial charge in [0.25, 0.3) is 0 Å². The van der Waals surface area contributed by atoms with Crippen molar-refractivity contribution in [2.24, 2.45) is 0 Å². The number of anilines is 1. The minimum atomic E-state index is 0.273. The van der Waals surface area contributed by atoms with E-state index in [4.69, 9.17) is 21.1 Å². The third kappa shape index (κ3) is 2.39. The molecule has 0 fully saturated rings. The Hall–Kier alpha value is -1.98. The second-order valence-corrected chi connectivity index (χ2v) is 6.45. The highest BCUT2D eigenvalue weighted by Gasteiger charge is 2.15. The van der Waals surface area contributed by atoms with E-state index in [1.165, 1.54) is 4.88 Å². The molecule has 3 aromatic rings. The molecule has 21 heavy (non-hydrogen) atoms. The van der Waals surface area contributed by atoms with E-state index in [0.29, 0.717) is 6.54 Å². The Balaban J connectivity index is 1.68. The molecule has 4 nitrogen and oxygen atoms in total. The molecular weight excluding hydrogens is 308 g/mol. The van der Waals surface area contributed by atoms with Crippen molar-refractivity contribution in [2.75, 3.05) is 12.1 Å². The zero-order valence-corrected chi connectivity index (χ0v) is 12.5. The Bertz CT molecular complexity index is 819. The molecule has 106 valence electrons. The van der Waals surface area contributed by atoms with Gasteiger partial charge in [0.15, 0.2) is 11.5 Å². The Morgan fingerprint density at radius 3 is 2.86 bits per heavy atom. The Morgan fingerprint density at radius 1 is 1.19 bits per heavy atom. The SMILES string of the molecule is Clc1ccc(CNc2nccc3cc4c(cc23)OCO4)s1. The molecule has 0 amide bonds. The average Bonchev–Trinajstić information content (AvgIpc) is 3.11. The highest BCUT2D eigenvalue weighted by Crippen LogP contribution is 2.37. The van der Waals surface area contributed by atoms with E-state index < -0.39 is 0 Å². The molecule has 1 aliphatic heterocycles. The first-order chi connectivity index (χ1) is 10.3. The van der Waals surface area contributed by atoms with Gasteiger partial charge in [-0.25, -0.2) is 4.98 Å². The number of nitrogens with zero attached hydrogens (tertiary/aromatic N) is 1. The van der Waals surface area contributed by atoms with E-state index in [9.17, 15) is 0 Å². The zero-order chi connectivity index (χ0) is 14.2. The van der Waals surface area contributed by atoms with Crippen LogP contribution < -0.4 is 14.8 Å². The molecule has 3 heterocycles. The third-order valence-electron chi connectivity index (χ3n) is 3.32. The summed E-state index contributed by atoms with van der Waals surface area (Å²) in [5.74, 6) is 2.37. The number of fused-ring (bicyclic) bond motifs is 2. The highest BCUT2D eigenvalue weighted by molar-refractivity contribution is 7.16. The first-order valence-electron chi connectivity index (χ1n) is 6.46. The van der Waals surface area contributed by atoms with Crippen LogP contribution >= 0.6 is 22.9 Å². The molecule has 6 heteroatoms. The van der Waals surface area contributed by atoms with Crippen molar-refractivity contribution >= 4 is 39.5 Å². The number of hydrogen-bond donors (Lipinski definition) is 1. The first-order valence-corrected chi connectivity index (χ1v) is 7.65. The molecule has 0 radical (unpaired) electrons. The molecular formula is C15H11ClN2O2S. The number of thiophene rings is 1. The summed E-state index contributed by atoms with van der Waals surface area (Å²) in [7, 11) is 0. The van der Waals surface area contributed by atoms with Gasteiger partial charge in [-0.3, -0.25) is 0 Å². The maximum Gasteiger partial charge on any atom is 0.231 e. The van der Waals surface area contributed by atoms with Crippen LogP contribution in [0.3, 0.4) is 0 Å².